The maximum atomic E-state index is 12.3. The minimum Gasteiger partial charge on any atom is -0.355 e. The molecule has 1 aliphatic heterocycles. The average Bonchev–Trinajstić information content (AvgIpc) is 2.71. The van der Waals surface area contributed by atoms with E-state index in [0.717, 1.165) is 48.7 Å². The topological polar surface area (TPSA) is 74.3 Å². The number of aromatic nitrogens is 1. The van der Waals surface area contributed by atoms with E-state index >= 15 is 0 Å². The summed E-state index contributed by atoms with van der Waals surface area (Å²) < 4.78 is 0. The van der Waals surface area contributed by atoms with Crippen LogP contribution in [0.3, 0.4) is 0 Å². The van der Waals surface area contributed by atoms with Gasteiger partial charge in [-0.1, -0.05) is 17.7 Å². The van der Waals surface area contributed by atoms with Crippen LogP contribution in [-0.4, -0.2) is 41.4 Å². The molecule has 1 aromatic heterocycles. The van der Waals surface area contributed by atoms with E-state index in [1.807, 2.05) is 43.3 Å². The van der Waals surface area contributed by atoms with Crippen molar-refractivity contribution in [2.75, 3.05) is 40.1 Å². The van der Waals surface area contributed by atoms with Crippen molar-refractivity contribution in [3.8, 4) is 0 Å². The Labute approximate surface area is 170 Å². The van der Waals surface area contributed by atoms with Crippen molar-refractivity contribution < 1.29 is 9.59 Å². The fraction of sp³-hybridized carbons (Fsp3) is 0.381. The van der Waals surface area contributed by atoms with Crippen LogP contribution in [0.1, 0.15) is 24.8 Å². The van der Waals surface area contributed by atoms with Crippen LogP contribution in [-0.2, 0) is 9.59 Å². The monoisotopic (exact) mass is 398 g/mol. The van der Waals surface area contributed by atoms with E-state index in [1.165, 1.54) is 18.2 Å². The number of hydrogen-bond donors (Lipinski definition) is 2. The normalized spacial score (nSPS) is 13.8. The number of aryl methyl sites for hydroxylation is 1. The predicted molar refractivity (Wildman–Crippen MR) is 116 cm³/mol. The van der Waals surface area contributed by atoms with Crippen LogP contribution in [0, 0.1) is 6.92 Å². The van der Waals surface area contributed by atoms with Gasteiger partial charge in [-0.3, -0.25) is 9.59 Å². The fourth-order valence-corrected chi connectivity index (χ4v) is 3.73. The van der Waals surface area contributed by atoms with Gasteiger partial charge in [-0.2, -0.15) is 0 Å². The molecule has 1 aliphatic rings. The number of anilines is 3. The van der Waals surface area contributed by atoms with Crippen molar-refractivity contribution >= 4 is 40.8 Å². The molecule has 1 saturated heterocycles. The SMILES string of the molecule is Cc1ccc(NC(=O)CSCC(=O)Nc2cccnc2N2CCCCC2)cc1. The number of carbonyl (C=O) groups excluding carboxylic acids is 2. The molecule has 2 amide bonds. The summed E-state index contributed by atoms with van der Waals surface area (Å²) in [6.45, 7) is 3.93. The Hall–Kier alpha value is -2.54. The van der Waals surface area contributed by atoms with Crippen LogP contribution in [0.4, 0.5) is 17.2 Å². The van der Waals surface area contributed by atoms with Crippen LogP contribution < -0.4 is 15.5 Å². The van der Waals surface area contributed by atoms with Crippen molar-refractivity contribution in [3.05, 3.63) is 48.2 Å². The van der Waals surface area contributed by atoms with Gasteiger partial charge in [0.1, 0.15) is 0 Å². The first kappa shape index (κ1) is 20.2. The summed E-state index contributed by atoms with van der Waals surface area (Å²) >= 11 is 1.29. The Morgan fingerprint density at radius 3 is 2.39 bits per heavy atom. The van der Waals surface area contributed by atoms with Gasteiger partial charge in [0, 0.05) is 25.0 Å². The van der Waals surface area contributed by atoms with Gasteiger partial charge in [-0.15, -0.1) is 11.8 Å². The molecular weight excluding hydrogens is 372 g/mol. The zero-order valence-corrected chi connectivity index (χ0v) is 16.9. The van der Waals surface area contributed by atoms with Gasteiger partial charge in [0.15, 0.2) is 5.82 Å². The fourth-order valence-electron chi connectivity index (χ4n) is 3.11. The summed E-state index contributed by atoms with van der Waals surface area (Å²) in [7, 11) is 0. The molecule has 3 rings (SSSR count). The summed E-state index contributed by atoms with van der Waals surface area (Å²) in [6.07, 6.45) is 5.29. The number of carbonyl (C=O) groups is 2. The molecule has 2 aromatic rings. The molecule has 0 radical (unpaired) electrons. The number of piperidine rings is 1. The van der Waals surface area contributed by atoms with Gasteiger partial charge in [0.05, 0.1) is 17.2 Å². The predicted octanol–water partition coefficient (Wildman–Crippen LogP) is 3.69. The van der Waals surface area contributed by atoms with Crippen LogP contribution in [0.2, 0.25) is 0 Å². The molecular formula is C21H26N4O2S. The van der Waals surface area contributed by atoms with E-state index < -0.39 is 0 Å². The third kappa shape index (κ3) is 5.99. The zero-order valence-electron chi connectivity index (χ0n) is 16.1. The molecule has 2 N–H and O–H groups in total. The zero-order chi connectivity index (χ0) is 19.8. The molecule has 28 heavy (non-hydrogen) atoms. The first-order valence-electron chi connectivity index (χ1n) is 9.56. The van der Waals surface area contributed by atoms with E-state index in [2.05, 4.69) is 20.5 Å². The first-order valence-corrected chi connectivity index (χ1v) is 10.7. The van der Waals surface area contributed by atoms with Crippen molar-refractivity contribution in [3.63, 3.8) is 0 Å². The molecule has 0 bridgehead atoms. The minimum absolute atomic E-state index is 0.114. The maximum absolute atomic E-state index is 12.3. The van der Waals surface area contributed by atoms with Gasteiger partial charge in [-0.25, -0.2) is 4.98 Å². The second-order valence-corrected chi connectivity index (χ2v) is 7.86. The van der Waals surface area contributed by atoms with E-state index in [4.69, 9.17) is 0 Å². The first-order chi connectivity index (χ1) is 13.6. The standard InChI is InChI=1S/C21H26N4O2S/c1-16-7-9-17(10-8-16)23-19(26)14-28-15-20(27)24-18-6-5-11-22-21(18)25-12-3-2-4-13-25/h5-11H,2-4,12-15H2,1H3,(H,23,26)(H,24,27). The Bertz CT molecular complexity index is 804. The number of benzene rings is 1. The highest BCUT2D eigenvalue weighted by atomic mass is 32.2. The highest BCUT2D eigenvalue weighted by Crippen LogP contribution is 2.25. The smallest absolute Gasteiger partial charge is 0.234 e. The highest BCUT2D eigenvalue weighted by molar-refractivity contribution is 8.00. The van der Waals surface area contributed by atoms with E-state index in [9.17, 15) is 9.59 Å². The highest BCUT2D eigenvalue weighted by Gasteiger charge is 2.17. The molecule has 0 spiro atoms. The molecule has 0 atom stereocenters. The lowest BCUT2D eigenvalue weighted by atomic mass is 10.1. The summed E-state index contributed by atoms with van der Waals surface area (Å²) in [4.78, 5) is 31.0. The van der Waals surface area contributed by atoms with E-state index in [1.54, 1.807) is 6.20 Å². The molecule has 0 saturated carbocycles. The molecule has 148 valence electrons. The third-order valence-electron chi connectivity index (χ3n) is 4.52. The lowest BCUT2D eigenvalue weighted by Gasteiger charge is -2.29. The largest absolute Gasteiger partial charge is 0.355 e. The number of amides is 2. The Kier molecular flexibility index (Phi) is 7.31. The van der Waals surface area contributed by atoms with Crippen LogP contribution >= 0.6 is 11.8 Å². The molecule has 0 unspecified atom stereocenters. The molecule has 7 heteroatoms. The van der Waals surface area contributed by atoms with Crippen molar-refractivity contribution in [1.82, 2.24) is 4.98 Å². The number of hydrogen-bond acceptors (Lipinski definition) is 5. The Morgan fingerprint density at radius 1 is 1.00 bits per heavy atom. The maximum Gasteiger partial charge on any atom is 0.234 e. The van der Waals surface area contributed by atoms with Gasteiger partial charge >= 0.3 is 0 Å². The second kappa shape index (κ2) is 10.1. The van der Waals surface area contributed by atoms with Crippen molar-refractivity contribution in [1.29, 1.82) is 0 Å². The summed E-state index contributed by atoms with van der Waals surface area (Å²) in [6, 6.07) is 11.3. The number of nitrogens with one attached hydrogen (secondary N) is 2. The van der Waals surface area contributed by atoms with Gasteiger partial charge < -0.3 is 15.5 Å². The third-order valence-corrected chi connectivity index (χ3v) is 5.45. The number of rotatable bonds is 7. The van der Waals surface area contributed by atoms with Gasteiger partial charge in [-0.05, 0) is 50.5 Å². The quantitative estimate of drug-likeness (QED) is 0.744. The van der Waals surface area contributed by atoms with E-state index in [-0.39, 0.29) is 23.3 Å². The number of nitrogens with zero attached hydrogens (tertiary/aromatic N) is 2. The molecule has 0 aliphatic carbocycles. The van der Waals surface area contributed by atoms with E-state index in [0.29, 0.717) is 0 Å². The molecule has 1 aromatic carbocycles. The van der Waals surface area contributed by atoms with Crippen molar-refractivity contribution in [2.45, 2.75) is 26.2 Å². The number of pyridine rings is 1. The van der Waals surface area contributed by atoms with Crippen molar-refractivity contribution in [2.24, 2.45) is 0 Å². The second-order valence-electron chi connectivity index (χ2n) is 6.88. The molecule has 1 fully saturated rings. The van der Waals surface area contributed by atoms with Crippen LogP contribution in [0.5, 0.6) is 0 Å². The van der Waals surface area contributed by atoms with Gasteiger partial charge in [0.25, 0.3) is 0 Å². The number of thioether (sulfide) groups is 1. The summed E-state index contributed by atoms with van der Waals surface area (Å²) in [5, 5.41) is 5.78. The Morgan fingerprint density at radius 2 is 1.68 bits per heavy atom. The Balaban J connectivity index is 1.45. The van der Waals surface area contributed by atoms with Crippen LogP contribution in [0.25, 0.3) is 0 Å². The van der Waals surface area contributed by atoms with Gasteiger partial charge in [0.2, 0.25) is 11.8 Å². The average molecular weight is 399 g/mol. The molecule has 6 nitrogen and oxygen atoms in total. The summed E-state index contributed by atoms with van der Waals surface area (Å²) in [5.41, 5.74) is 2.64. The summed E-state index contributed by atoms with van der Waals surface area (Å²) in [5.74, 6) is 1.04. The lowest BCUT2D eigenvalue weighted by Crippen LogP contribution is -2.31. The van der Waals surface area contributed by atoms with Crippen LogP contribution in [0.15, 0.2) is 42.6 Å². The minimum atomic E-state index is -0.126. The lowest BCUT2D eigenvalue weighted by molar-refractivity contribution is -0.114. The molecule has 2 heterocycles.